The number of ether oxygens (including phenoxy) is 2. The molecule has 0 atom stereocenters. The van der Waals surface area contributed by atoms with E-state index in [-0.39, 0.29) is 54.0 Å². The number of hydrogen-bond acceptors (Lipinski definition) is 9. The molecule has 0 spiro atoms. The molecule has 0 aliphatic carbocycles. The van der Waals surface area contributed by atoms with Crippen molar-refractivity contribution in [3.8, 4) is 23.3 Å². The van der Waals surface area contributed by atoms with Crippen LogP contribution in [0.1, 0.15) is 35.7 Å². The van der Waals surface area contributed by atoms with E-state index in [9.17, 15) is 13.2 Å². The number of sulfone groups is 1. The lowest BCUT2D eigenvalue weighted by molar-refractivity contribution is 0.0517. The Morgan fingerprint density at radius 2 is 2.03 bits per heavy atom. The smallest absolute Gasteiger partial charge is 0.347 e. The zero-order valence-corrected chi connectivity index (χ0v) is 16.6. The maximum absolute atomic E-state index is 12.4. The fraction of sp³-hybridized carbons (Fsp3) is 0.368. The number of carbonyl (C=O) groups is 1. The summed E-state index contributed by atoms with van der Waals surface area (Å²) in [7, 11) is -3.07. The molecular formula is C19H20N4O5S. The zero-order chi connectivity index (χ0) is 21.0. The lowest BCUT2D eigenvalue weighted by Crippen LogP contribution is -2.31. The second-order valence-corrected chi connectivity index (χ2v) is 8.80. The van der Waals surface area contributed by atoms with E-state index < -0.39 is 21.9 Å². The molecule has 0 bridgehead atoms. The number of nitrogens with two attached hydrogens (primary N) is 1. The van der Waals surface area contributed by atoms with Crippen LogP contribution in [0.5, 0.6) is 5.88 Å². The minimum absolute atomic E-state index is 0.00401. The summed E-state index contributed by atoms with van der Waals surface area (Å²) in [4.78, 5) is 20.9. The van der Waals surface area contributed by atoms with Crippen LogP contribution in [-0.2, 0) is 14.6 Å². The lowest BCUT2D eigenvalue weighted by atomic mass is 10.1. The van der Waals surface area contributed by atoms with Gasteiger partial charge < -0.3 is 15.2 Å². The summed E-state index contributed by atoms with van der Waals surface area (Å²) in [5.74, 6) is -0.702. The predicted octanol–water partition coefficient (Wildman–Crippen LogP) is 1.73. The highest BCUT2D eigenvalue weighted by Gasteiger charge is 2.29. The van der Waals surface area contributed by atoms with Crippen molar-refractivity contribution < 1.29 is 22.7 Å². The Hall–Kier alpha value is -3.19. The van der Waals surface area contributed by atoms with E-state index in [0.717, 1.165) is 0 Å². The summed E-state index contributed by atoms with van der Waals surface area (Å²) < 4.78 is 34.2. The Bertz CT molecular complexity index is 1060. The molecule has 152 valence electrons. The zero-order valence-electron chi connectivity index (χ0n) is 15.8. The maximum Gasteiger partial charge on any atom is 0.347 e. The Balaban J connectivity index is 2.01. The van der Waals surface area contributed by atoms with Crippen LogP contribution >= 0.6 is 0 Å². The molecule has 1 saturated heterocycles. The largest absolute Gasteiger partial charge is 0.474 e. The first-order valence-electron chi connectivity index (χ1n) is 9.05. The Morgan fingerprint density at radius 3 is 2.69 bits per heavy atom. The van der Waals surface area contributed by atoms with Gasteiger partial charge in [0.1, 0.15) is 11.9 Å². The van der Waals surface area contributed by atoms with Crippen molar-refractivity contribution in [3.05, 3.63) is 35.4 Å². The number of esters is 1. The number of nitriles is 1. The van der Waals surface area contributed by atoms with Gasteiger partial charge in [0.15, 0.2) is 21.2 Å². The quantitative estimate of drug-likeness (QED) is 0.720. The van der Waals surface area contributed by atoms with Gasteiger partial charge >= 0.3 is 5.97 Å². The van der Waals surface area contributed by atoms with Gasteiger partial charge in [-0.3, -0.25) is 0 Å². The number of anilines is 1. The number of hydrogen-bond donors (Lipinski definition) is 1. The normalized spacial score (nSPS) is 16.0. The second-order valence-electron chi connectivity index (χ2n) is 6.49. The topological polar surface area (TPSA) is 145 Å². The van der Waals surface area contributed by atoms with Crippen molar-refractivity contribution in [2.75, 3.05) is 23.8 Å². The van der Waals surface area contributed by atoms with Gasteiger partial charge in [-0.1, -0.05) is 12.1 Å². The van der Waals surface area contributed by atoms with E-state index in [1.807, 2.05) is 6.07 Å². The van der Waals surface area contributed by atoms with Crippen molar-refractivity contribution in [3.63, 3.8) is 0 Å². The third kappa shape index (κ3) is 4.81. The van der Waals surface area contributed by atoms with Crippen LogP contribution in [0.15, 0.2) is 24.3 Å². The Morgan fingerprint density at radius 1 is 1.31 bits per heavy atom. The van der Waals surface area contributed by atoms with Crippen LogP contribution in [0, 0.1) is 11.3 Å². The highest BCUT2D eigenvalue weighted by Crippen LogP contribution is 2.29. The van der Waals surface area contributed by atoms with Crippen LogP contribution in [0.2, 0.25) is 0 Å². The van der Waals surface area contributed by atoms with Crippen LogP contribution in [-0.4, -0.2) is 48.6 Å². The number of carbonyl (C=O) groups excluding carboxylic acids is 1. The molecule has 1 aromatic carbocycles. The third-order valence-corrected chi connectivity index (χ3v) is 6.13. The number of nitrogens with zero attached hydrogens (tertiary/aromatic N) is 3. The van der Waals surface area contributed by atoms with E-state index in [4.69, 9.17) is 20.5 Å². The van der Waals surface area contributed by atoms with E-state index in [1.165, 1.54) is 0 Å². The molecule has 3 rings (SSSR count). The van der Waals surface area contributed by atoms with Crippen molar-refractivity contribution in [2.45, 2.75) is 25.9 Å². The van der Waals surface area contributed by atoms with Crippen molar-refractivity contribution in [2.24, 2.45) is 0 Å². The molecule has 29 heavy (non-hydrogen) atoms. The summed E-state index contributed by atoms with van der Waals surface area (Å²) in [5.41, 5.74) is 6.87. The van der Waals surface area contributed by atoms with Gasteiger partial charge in [-0.15, -0.1) is 0 Å². The molecular weight excluding hydrogens is 396 g/mol. The molecule has 0 unspecified atom stereocenters. The summed E-state index contributed by atoms with van der Waals surface area (Å²) in [6, 6.07) is 8.65. The Labute approximate surface area is 168 Å². The van der Waals surface area contributed by atoms with Crippen LogP contribution in [0.3, 0.4) is 0 Å². The second kappa shape index (κ2) is 8.45. The molecule has 1 fully saturated rings. The molecule has 1 aromatic heterocycles. The van der Waals surface area contributed by atoms with Crippen molar-refractivity contribution in [1.82, 2.24) is 9.97 Å². The minimum atomic E-state index is -3.07. The summed E-state index contributed by atoms with van der Waals surface area (Å²) in [6.07, 6.45) is 0.140. The van der Waals surface area contributed by atoms with Crippen molar-refractivity contribution in [1.29, 1.82) is 5.26 Å². The monoisotopic (exact) mass is 416 g/mol. The molecule has 0 radical (unpaired) electrons. The summed E-state index contributed by atoms with van der Waals surface area (Å²) in [5, 5.41) is 9.10. The van der Waals surface area contributed by atoms with E-state index in [0.29, 0.717) is 11.1 Å². The molecule has 10 heteroatoms. The molecule has 2 N–H and O–H groups in total. The average molecular weight is 416 g/mol. The Kier molecular flexibility index (Phi) is 5.98. The molecule has 2 heterocycles. The molecule has 2 aromatic rings. The fourth-order valence-corrected chi connectivity index (χ4v) is 4.39. The highest BCUT2D eigenvalue weighted by atomic mass is 32.2. The van der Waals surface area contributed by atoms with Crippen molar-refractivity contribution >= 4 is 21.6 Å². The molecule has 1 aliphatic heterocycles. The molecule has 0 amide bonds. The summed E-state index contributed by atoms with van der Waals surface area (Å²) >= 11 is 0. The molecule has 0 saturated carbocycles. The van der Waals surface area contributed by atoms with Gasteiger partial charge in [0.2, 0.25) is 5.88 Å². The molecule has 1 aliphatic rings. The predicted molar refractivity (Wildman–Crippen MR) is 105 cm³/mol. The number of rotatable bonds is 5. The standard InChI is InChI=1S/C19H20N4O5S/c1-2-27-19(24)15-16(21)22-17(13-5-3-4-12(10-13)11-20)23-18(15)28-14-6-8-29(25,26)9-7-14/h3-5,10,14H,2,6-9H2,1H3,(H2,21,22,23). The van der Waals surface area contributed by atoms with Gasteiger partial charge in [-0.05, 0) is 31.9 Å². The minimum Gasteiger partial charge on any atom is -0.474 e. The van der Waals surface area contributed by atoms with E-state index in [2.05, 4.69) is 9.97 Å². The summed E-state index contributed by atoms with van der Waals surface area (Å²) in [6.45, 7) is 1.79. The lowest BCUT2D eigenvalue weighted by Gasteiger charge is -2.24. The van der Waals surface area contributed by atoms with Crippen LogP contribution < -0.4 is 10.5 Å². The van der Waals surface area contributed by atoms with Gasteiger partial charge in [0, 0.05) is 5.56 Å². The fourth-order valence-electron chi connectivity index (χ4n) is 2.94. The third-order valence-electron chi connectivity index (χ3n) is 4.41. The SMILES string of the molecule is CCOC(=O)c1c(N)nc(-c2cccc(C#N)c2)nc1OC1CCS(=O)(=O)CC1. The number of benzene rings is 1. The van der Waals surface area contributed by atoms with Gasteiger partial charge in [0.05, 0.1) is 29.7 Å². The molecule has 9 nitrogen and oxygen atoms in total. The average Bonchev–Trinajstić information content (AvgIpc) is 2.69. The first kappa shape index (κ1) is 20.5. The van der Waals surface area contributed by atoms with Gasteiger partial charge in [-0.25, -0.2) is 18.2 Å². The highest BCUT2D eigenvalue weighted by molar-refractivity contribution is 7.91. The maximum atomic E-state index is 12.4. The van der Waals surface area contributed by atoms with Crippen LogP contribution in [0.4, 0.5) is 5.82 Å². The van der Waals surface area contributed by atoms with Gasteiger partial charge in [0.25, 0.3) is 0 Å². The van der Waals surface area contributed by atoms with Gasteiger partial charge in [-0.2, -0.15) is 10.2 Å². The van der Waals surface area contributed by atoms with E-state index >= 15 is 0 Å². The van der Waals surface area contributed by atoms with E-state index in [1.54, 1.807) is 31.2 Å². The number of aromatic nitrogens is 2. The first-order valence-corrected chi connectivity index (χ1v) is 10.9. The number of nitrogen functional groups attached to an aromatic ring is 1. The first-order chi connectivity index (χ1) is 13.8. The van der Waals surface area contributed by atoms with Crippen LogP contribution in [0.25, 0.3) is 11.4 Å².